The van der Waals surface area contributed by atoms with Gasteiger partial charge in [-0.15, -0.1) is 0 Å². The van der Waals surface area contributed by atoms with Gasteiger partial charge in [-0.3, -0.25) is 4.79 Å². The van der Waals surface area contributed by atoms with E-state index in [1.165, 1.54) is 6.20 Å². The average Bonchev–Trinajstić information content (AvgIpc) is 2.19. The number of imidazole rings is 1. The van der Waals surface area contributed by atoms with E-state index in [0.29, 0.717) is 6.47 Å². The molecule has 0 amide bonds. The van der Waals surface area contributed by atoms with E-state index in [9.17, 15) is 4.79 Å². The molecule has 1 rings (SSSR count). The number of nitrogens with one attached hydrogen (secondary N) is 1. The molecule has 0 fully saturated rings. The van der Waals surface area contributed by atoms with Crippen molar-refractivity contribution in [1.82, 2.24) is 9.97 Å². The van der Waals surface area contributed by atoms with Crippen LogP contribution in [0, 0.1) is 0 Å². The number of hydrogen-bond acceptors (Lipinski definition) is 3. The number of ether oxygens (including phenoxy) is 1. The molecule has 4 nitrogen and oxygen atoms in total. The minimum Gasteiger partial charge on any atom is -1.00 e. The maximum absolute atomic E-state index is 9.59. The zero-order valence-electron chi connectivity index (χ0n) is 6.00. The summed E-state index contributed by atoms with van der Waals surface area (Å²) in [4.78, 5) is 15.8. The molecule has 1 aromatic rings. The summed E-state index contributed by atoms with van der Waals surface area (Å²) in [5, 5.41) is 0. The molecule has 0 saturated carbocycles. The van der Waals surface area contributed by atoms with Gasteiger partial charge in [0.1, 0.15) is 0 Å². The minimum absolute atomic E-state index is 0. The molecule has 0 bridgehead atoms. The SMILES string of the molecule is O=COc1ncc[nH]1.[H-].[Na+]. The van der Waals surface area contributed by atoms with E-state index in [4.69, 9.17) is 0 Å². The summed E-state index contributed by atoms with van der Waals surface area (Å²) >= 11 is 0. The van der Waals surface area contributed by atoms with Crippen molar-refractivity contribution in [1.29, 1.82) is 0 Å². The summed E-state index contributed by atoms with van der Waals surface area (Å²) < 4.78 is 4.30. The molecule has 0 aromatic carbocycles. The number of rotatable bonds is 2. The molecule has 9 heavy (non-hydrogen) atoms. The molecule has 0 saturated heterocycles. The molecular formula is C4H5N2NaO2. The van der Waals surface area contributed by atoms with E-state index in [-0.39, 0.29) is 37.0 Å². The third kappa shape index (κ3) is 2.64. The van der Waals surface area contributed by atoms with Crippen molar-refractivity contribution in [3.05, 3.63) is 12.4 Å². The van der Waals surface area contributed by atoms with Gasteiger partial charge in [0.25, 0.3) is 0 Å². The van der Waals surface area contributed by atoms with Gasteiger partial charge in [0.15, 0.2) is 0 Å². The van der Waals surface area contributed by atoms with Crippen molar-refractivity contribution in [2.45, 2.75) is 0 Å². The Morgan fingerprint density at radius 3 is 3.11 bits per heavy atom. The maximum Gasteiger partial charge on any atom is 1.00 e. The van der Waals surface area contributed by atoms with Crippen LogP contribution in [0.15, 0.2) is 12.4 Å². The van der Waals surface area contributed by atoms with Crippen molar-refractivity contribution >= 4 is 6.47 Å². The molecule has 1 aromatic heterocycles. The van der Waals surface area contributed by atoms with Crippen LogP contribution in [0.4, 0.5) is 0 Å². The molecule has 5 heteroatoms. The summed E-state index contributed by atoms with van der Waals surface area (Å²) in [6.07, 6.45) is 3.07. The van der Waals surface area contributed by atoms with Gasteiger partial charge in [0.05, 0.1) is 0 Å². The molecule has 44 valence electrons. The van der Waals surface area contributed by atoms with E-state index in [2.05, 4.69) is 14.7 Å². The standard InChI is InChI=1S/C4H4N2O2.Na.H/c7-3-8-4-5-1-2-6-4;;/h1-3H,(H,5,6);;/q;+1;-1. The molecule has 0 aliphatic rings. The van der Waals surface area contributed by atoms with Crippen LogP contribution in [0.3, 0.4) is 0 Å². The van der Waals surface area contributed by atoms with Crippen LogP contribution in [-0.4, -0.2) is 16.4 Å². The Bertz CT molecular complexity index is 168. The summed E-state index contributed by atoms with van der Waals surface area (Å²) in [6, 6.07) is 0.222. The number of hydrogen-bond donors (Lipinski definition) is 1. The zero-order chi connectivity index (χ0) is 5.82. The van der Waals surface area contributed by atoms with Crippen LogP contribution in [0.1, 0.15) is 1.43 Å². The predicted octanol–water partition coefficient (Wildman–Crippen LogP) is -2.94. The number of carbonyl (C=O) groups is 1. The van der Waals surface area contributed by atoms with Crippen LogP contribution in [0.25, 0.3) is 0 Å². The first-order valence-corrected chi connectivity index (χ1v) is 2.03. The second kappa shape index (κ2) is 4.55. The Balaban J connectivity index is 0. The van der Waals surface area contributed by atoms with E-state index in [0.717, 1.165) is 0 Å². The zero-order valence-corrected chi connectivity index (χ0v) is 7.00. The average molecular weight is 136 g/mol. The topological polar surface area (TPSA) is 55.0 Å². The Morgan fingerprint density at radius 1 is 1.89 bits per heavy atom. The molecule has 0 unspecified atom stereocenters. The normalized spacial score (nSPS) is 7.56. The largest absolute Gasteiger partial charge is 1.00 e. The summed E-state index contributed by atoms with van der Waals surface area (Å²) in [5.74, 6) is 0. The third-order valence-electron chi connectivity index (χ3n) is 0.633. The summed E-state index contributed by atoms with van der Waals surface area (Å²) in [6.45, 7) is 0.318. The van der Waals surface area contributed by atoms with Crippen molar-refractivity contribution < 1.29 is 40.5 Å². The van der Waals surface area contributed by atoms with Gasteiger partial charge in [0, 0.05) is 12.4 Å². The molecule has 0 aliphatic heterocycles. The van der Waals surface area contributed by atoms with Crippen molar-refractivity contribution in [2.75, 3.05) is 0 Å². The predicted molar refractivity (Wildman–Crippen MR) is 26.4 cm³/mol. The number of H-pyrrole nitrogens is 1. The van der Waals surface area contributed by atoms with Gasteiger partial charge in [-0.2, -0.15) is 0 Å². The van der Waals surface area contributed by atoms with Gasteiger partial charge in [-0.25, -0.2) is 4.98 Å². The minimum atomic E-state index is 0. The van der Waals surface area contributed by atoms with Crippen LogP contribution in [0.5, 0.6) is 6.01 Å². The van der Waals surface area contributed by atoms with Gasteiger partial charge in [-0.1, -0.05) is 0 Å². The fraction of sp³-hybridized carbons (Fsp3) is 0. The van der Waals surface area contributed by atoms with Gasteiger partial charge in [-0.05, 0) is 0 Å². The number of aromatic nitrogens is 2. The maximum atomic E-state index is 9.59. The van der Waals surface area contributed by atoms with Crippen molar-refractivity contribution in [3.63, 3.8) is 0 Å². The first kappa shape index (κ1) is 8.68. The first-order chi connectivity index (χ1) is 3.93. The van der Waals surface area contributed by atoms with Gasteiger partial charge < -0.3 is 11.1 Å². The molecule has 0 spiro atoms. The van der Waals surface area contributed by atoms with E-state index < -0.39 is 0 Å². The Labute approximate surface area is 75.4 Å². The van der Waals surface area contributed by atoms with Crippen molar-refractivity contribution in [3.8, 4) is 6.01 Å². The van der Waals surface area contributed by atoms with Gasteiger partial charge in [0.2, 0.25) is 0 Å². The van der Waals surface area contributed by atoms with Gasteiger partial charge >= 0.3 is 42.0 Å². The quantitative estimate of drug-likeness (QED) is 0.349. The van der Waals surface area contributed by atoms with E-state index in [1.807, 2.05) is 0 Å². The third-order valence-corrected chi connectivity index (χ3v) is 0.633. The van der Waals surface area contributed by atoms with Crippen molar-refractivity contribution in [2.24, 2.45) is 0 Å². The molecular weight excluding hydrogens is 131 g/mol. The fourth-order valence-electron chi connectivity index (χ4n) is 0.361. The number of nitrogens with zero attached hydrogens (tertiary/aromatic N) is 1. The van der Waals surface area contributed by atoms with E-state index in [1.54, 1.807) is 6.20 Å². The van der Waals surface area contributed by atoms with Crippen LogP contribution >= 0.6 is 0 Å². The summed E-state index contributed by atoms with van der Waals surface area (Å²) in [7, 11) is 0. The Morgan fingerprint density at radius 2 is 2.67 bits per heavy atom. The van der Waals surface area contributed by atoms with Crippen LogP contribution in [0.2, 0.25) is 0 Å². The first-order valence-electron chi connectivity index (χ1n) is 2.03. The number of carbonyl (C=O) groups excluding carboxylic acids is 1. The molecule has 0 atom stereocenters. The van der Waals surface area contributed by atoms with Crippen LogP contribution in [-0.2, 0) is 4.79 Å². The summed E-state index contributed by atoms with van der Waals surface area (Å²) in [5.41, 5.74) is 0. The van der Waals surface area contributed by atoms with E-state index >= 15 is 0 Å². The van der Waals surface area contributed by atoms with Crippen LogP contribution < -0.4 is 34.3 Å². The second-order valence-corrected chi connectivity index (χ2v) is 1.11. The Hall–Kier alpha value is -0.320. The number of aromatic amines is 1. The smallest absolute Gasteiger partial charge is 1.00 e. The fourth-order valence-corrected chi connectivity index (χ4v) is 0.361. The Kier molecular flexibility index (Phi) is 4.39. The molecule has 1 N–H and O–H groups in total. The monoisotopic (exact) mass is 136 g/mol. The molecule has 0 aliphatic carbocycles. The molecule has 1 heterocycles. The molecule has 0 radical (unpaired) electrons. The second-order valence-electron chi connectivity index (χ2n) is 1.11.